The first-order valence-corrected chi connectivity index (χ1v) is 7.00. The van der Waals surface area contributed by atoms with Crippen LogP contribution in [0.15, 0.2) is 42.6 Å². The third-order valence-corrected chi connectivity index (χ3v) is 3.81. The van der Waals surface area contributed by atoms with Gasteiger partial charge in [0.05, 0.1) is 16.3 Å². The molecule has 3 rings (SSSR count). The number of benzene rings is 2. The Bertz CT molecular complexity index is 912. The molecule has 0 bridgehead atoms. The van der Waals surface area contributed by atoms with Crippen LogP contribution in [0.2, 0.25) is 10.0 Å². The van der Waals surface area contributed by atoms with Crippen molar-refractivity contribution in [3.63, 3.8) is 0 Å². The molecule has 110 valence electrons. The summed E-state index contributed by atoms with van der Waals surface area (Å²) in [7, 11) is 0. The van der Waals surface area contributed by atoms with Crippen LogP contribution in [0.4, 0.5) is 4.39 Å². The van der Waals surface area contributed by atoms with Crippen molar-refractivity contribution in [2.75, 3.05) is 0 Å². The van der Waals surface area contributed by atoms with E-state index in [4.69, 9.17) is 28.3 Å². The van der Waals surface area contributed by atoms with E-state index in [2.05, 4.69) is 4.98 Å². The second kappa shape index (κ2) is 5.55. The maximum absolute atomic E-state index is 14.1. The number of rotatable bonds is 2. The van der Waals surface area contributed by atoms with Gasteiger partial charge in [-0.25, -0.2) is 9.18 Å². The minimum atomic E-state index is -1.08. The Balaban J connectivity index is 2.35. The zero-order valence-electron chi connectivity index (χ0n) is 11.0. The van der Waals surface area contributed by atoms with Gasteiger partial charge in [0.25, 0.3) is 0 Å². The van der Waals surface area contributed by atoms with Crippen LogP contribution in [-0.2, 0) is 0 Å². The summed E-state index contributed by atoms with van der Waals surface area (Å²) >= 11 is 11.8. The number of carbonyl (C=O) groups is 1. The highest BCUT2D eigenvalue weighted by Gasteiger charge is 2.14. The quantitative estimate of drug-likeness (QED) is 0.713. The lowest BCUT2D eigenvalue weighted by Gasteiger charge is -2.09. The predicted octanol–water partition coefficient (Wildman–Crippen LogP) is 5.05. The van der Waals surface area contributed by atoms with E-state index < -0.39 is 11.8 Å². The molecule has 2 aromatic carbocycles. The highest BCUT2D eigenvalue weighted by atomic mass is 35.5. The molecule has 3 aromatic rings. The fourth-order valence-electron chi connectivity index (χ4n) is 2.24. The molecule has 1 aromatic heterocycles. The summed E-state index contributed by atoms with van der Waals surface area (Å²) in [5.74, 6) is -1.62. The number of aromatic carboxylic acids is 1. The molecule has 0 radical (unpaired) electrons. The molecule has 3 nitrogen and oxygen atoms in total. The monoisotopic (exact) mass is 335 g/mol. The van der Waals surface area contributed by atoms with Crippen LogP contribution in [0.1, 0.15) is 10.4 Å². The number of carboxylic acids is 1. The summed E-state index contributed by atoms with van der Waals surface area (Å²) in [6, 6.07) is 8.68. The Morgan fingerprint density at radius 1 is 1.09 bits per heavy atom. The van der Waals surface area contributed by atoms with Crippen molar-refractivity contribution >= 4 is 39.9 Å². The molecule has 22 heavy (non-hydrogen) atoms. The van der Waals surface area contributed by atoms with E-state index in [9.17, 15) is 9.18 Å². The third kappa shape index (κ3) is 2.51. The first-order chi connectivity index (χ1) is 10.5. The van der Waals surface area contributed by atoms with E-state index in [1.165, 1.54) is 30.5 Å². The highest BCUT2D eigenvalue weighted by molar-refractivity contribution is 6.36. The van der Waals surface area contributed by atoms with Crippen LogP contribution < -0.4 is 0 Å². The first-order valence-electron chi connectivity index (χ1n) is 6.24. The van der Waals surface area contributed by atoms with Gasteiger partial charge in [-0.1, -0.05) is 29.3 Å². The second-order valence-corrected chi connectivity index (χ2v) is 5.49. The van der Waals surface area contributed by atoms with Crippen molar-refractivity contribution in [1.29, 1.82) is 0 Å². The molecule has 0 aliphatic heterocycles. The molecule has 1 heterocycles. The van der Waals surface area contributed by atoms with Crippen LogP contribution in [-0.4, -0.2) is 16.1 Å². The van der Waals surface area contributed by atoms with Gasteiger partial charge in [-0.15, -0.1) is 0 Å². The number of hydrogen-bond donors (Lipinski definition) is 1. The molecule has 0 aliphatic rings. The smallest absolute Gasteiger partial charge is 0.335 e. The van der Waals surface area contributed by atoms with E-state index in [-0.39, 0.29) is 16.1 Å². The van der Waals surface area contributed by atoms with Gasteiger partial charge >= 0.3 is 5.97 Å². The van der Waals surface area contributed by atoms with Gasteiger partial charge < -0.3 is 5.11 Å². The Morgan fingerprint density at radius 2 is 1.86 bits per heavy atom. The van der Waals surface area contributed by atoms with Gasteiger partial charge in [0.2, 0.25) is 0 Å². The maximum atomic E-state index is 14.1. The number of aromatic nitrogens is 1. The van der Waals surface area contributed by atoms with Gasteiger partial charge in [0, 0.05) is 27.6 Å². The molecule has 0 fully saturated rings. The third-order valence-electron chi connectivity index (χ3n) is 3.27. The fourth-order valence-corrected chi connectivity index (χ4v) is 2.61. The predicted molar refractivity (Wildman–Crippen MR) is 84.1 cm³/mol. The summed E-state index contributed by atoms with van der Waals surface area (Å²) in [5, 5.41) is 10.8. The fraction of sp³-hybridized carbons (Fsp3) is 0. The molecule has 0 saturated carbocycles. The Kier molecular flexibility index (Phi) is 3.72. The minimum Gasteiger partial charge on any atom is -0.478 e. The molecule has 0 unspecified atom stereocenters. The van der Waals surface area contributed by atoms with Gasteiger partial charge in [-0.05, 0) is 30.3 Å². The van der Waals surface area contributed by atoms with Crippen LogP contribution in [0, 0.1) is 5.82 Å². The van der Waals surface area contributed by atoms with Crippen molar-refractivity contribution in [3.8, 4) is 11.3 Å². The standard InChI is InChI=1S/C16H8Cl2FNO2/c17-9-2-4-11(14(19)6-9)15-12-5-8(16(21)22)1-3-10(12)13(18)7-20-15/h1-7H,(H,21,22). The van der Waals surface area contributed by atoms with Crippen LogP contribution in [0.5, 0.6) is 0 Å². The zero-order chi connectivity index (χ0) is 15.9. The van der Waals surface area contributed by atoms with Crippen LogP contribution in [0.25, 0.3) is 22.0 Å². The molecule has 0 aliphatic carbocycles. The van der Waals surface area contributed by atoms with Crippen LogP contribution >= 0.6 is 23.2 Å². The average molecular weight is 336 g/mol. The molecule has 0 atom stereocenters. The average Bonchev–Trinajstić information content (AvgIpc) is 2.48. The lowest BCUT2D eigenvalue weighted by atomic mass is 10.0. The number of halogens is 3. The Morgan fingerprint density at radius 3 is 2.55 bits per heavy atom. The van der Waals surface area contributed by atoms with E-state index in [0.29, 0.717) is 21.5 Å². The van der Waals surface area contributed by atoms with Crippen molar-refractivity contribution in [3.05, 3.63) is 64.0 Å². The summed E-state index contributed by atoms with van der Waals surface area (Å²) < 4.78 is 14.1. The molecular weight excluding hydrogens is 328 g/mol. The second-order valence-electron chi connectivity index (χ2n) is 4.64. The van der Waals surface area contributed by atoms with Crippen molar-refractivity contribution in [1.82, 2.24) is 4.98 Å². The van der Waals surface area contributed by atoms with Gasteiger partial charge in [-0.3, -0.25) is 4.98 Å². The maximum Gasteiger partial charge on any atom is 0.335 e. The molecule has 0 amide bonds. The summed E-state index contributed by atoms with van der Waals surface area (Å²) in [4.78, 5) is 15.3. The van der Waals surface area contributed by atoms with Crippen molar-refractivity contribution in [2.45, 2.75) is 0 Å². The summed E-state index contributed by atoms with van der Waals surface area (Å²) in [6.45, 7) is 0. The zero-order valence-corrected chi connectivity index (χ0v) is 12.5. The number of hydrogen-bond acceptors (Lipinski definition) is 2. The number of fused-ring (bicyclic) bond motifs is 1. The number of carboxylic acid groups (broad SMARTS) is 1. The summed E-state index contributed by atoms with van der Waals surface area (Å²) in [5.41, 5.74) is 0.623. The van der Waals surface area contributed by atoms with E-state index in [1.54, 1.807) is 12.1 Å². The molecular formula is C16H8Cl2FNO2. The minimum absolute atomic E-state index is 0.0761. The molecule has 1 N–H and O–H groups in total. The first kappa shape index (κ1) is 14.8. The topological polar surface area (TPSA) is 50.2 Å². The van der Waals surface area contributed by atoms with Gasteiger partial charge in [0.1, 0.15) is 5.82 Å². The van der Waals surface area contributed by atoms with E-state index >= 15 is 0 Å². The number of pyridine rings is 1. The lowest BCUT2D eigenvalue weighted by molar-refractivity contribution is 0.0697. The van der Waals surface area contributed by atoms with Gasteiger partial charge in [-0.2, -0.15) is 0 Å². The largest absolute Gasteiger partial charge is 0.478 e. The van der Waals surface area contributed by atoms with Crippen LogP contribution in [0.3, 0.4) is 0 Å². The van der Waals surface area contributed by atoms with Gasteiger partial charge in [0.15, 0.2) is 0 Å². The van der Waals surface area contributed by atoms with E-state index in [0.717, 1.165) is 0 Å². The Hall–Kier alpha value is -2.17. The summed E-state index contributed by atoms with van der Waals surface area (Å²) in [6.07, 6.45) is 1.41. The SMILES string of the molecule is O=C(O)c1ccc2c(Cl)cnc(-c3ccc(Cl)cc3F)c2c1. The molecule has 0 spiro atoms. The molecule has 6 heteroatoms. The van der Waals surface area contributed by atoms with E-state index in [1.807, 2.05) is 0 Å². The molecule has 0 saturated heterocycles. The Labute approximate surface area is 134 Å². The lowest BCUT2D eigenvalue weighted by Crippen LogP contribution is -1.97. The normalized spacial score (nSPS) is 10.9. The van der Waals surface area contributed by atoms with Crippen molar-refractivity contribution in [2.24, 2.45) is 0 Å². The highest BCUT2D eigenvalue weighted by Crippen LogP contribution is 2.33. The number of nitrogens with zero attached hydrogens (tertiary/aromatic N) is 1. The van der Waals surface area contributed by atoms with Crippen molar-refractivity contribution < 1.29 is 14.3 Å².